The minimum atomic E-state index is 0.0725. The molecular weight excluding hydrogens is 1730 g/mol. The third-order valence-electron chi connectivity index (χ3n) is 28.9. The average molecular weight is 1820 g/mol. The van der Waals surface area contributed by atoms with Gasteiger partial charge in [0.15, 0.2) is 11.5 Å². The molecule has 0 aliphatic carbocycles. The zero-order chi connectivity index (χ0) is 94.0. The van der Waals surface area contributed by atoms with Crippen LogP contribution < -0.4 is 14.5 Å². The highest BCUT2D eigenvalue weighted by atomic mass is 16.5. The van der Waals surface area contributed by atoms with Crippen LogP contribution in [0.5, 0.6) is 11.5 Å². The van der Waals surface area contributed by atoms with Crippen molar-refractivity contribution in [2.75, 3.05) is 9.80 Å². The first-order chi connectivity index (χ1) is 70.2. The summed E-state index contributed by atoms with van der Waals surface area (Å²) in [5, 5.41) is 21.2. The Balaban J connectivity index is 0.000000107. The number of hydrogen-bond acceptors (Lipinski definition) is 3. The molecule has 22 aromatic carbocycles. The molecule has 0 N–H and O–H groups in total. The molecule has 7 heterocycles. The molecule has 0 unspecified atom stereocenters. The molecule has 28 aromatic rings. The largest absolute Gasteiger partial charge is 0.453 e. The molecule has 6 aromatic heterocycles. The summed E-state index contributed by atoms with van der Waals surface area (Å²) in [6.07, 6.45) is 6.64. The third-order valence-corrected chi connectivity index (χ3v) is 28.9. The van der Waals surface area contributed by atoms with Crippen LogP contribution in [-0.2, 0) is 0 Å². The van der Waals surface area contributed by atoms with E-state index in [-0.39, 0.29) is 5.92 Å². The molecule has 1 aliphatic rings. The van der Waals surface area contributed by atoms with Crippen molar-refractivity contribution >= 4 is 175 Å². The molecule has 670 valence electrons. The number of aryl methyl sites for hydroxylation is 2. The van der Waals surface area contributed by atoms with Gasteiger partial charge in [0.1, 0.15) is 0 Å². The highest BCUT2D eigenvalue weighted by molar-refractivity contribution is 6.21. The molecule has 0 spiro atoms. The second-order valence-corrected chi connectivity index (χ2v) is 37.4. The third kappa shape index (κ3) is 14.1. The van der Waals surface area contributed by atoms with Crippen LogP contribution in [0.3, 0.4) is 0 Å². The van der Waals surface area contributed by atoms with Crippen LogP contribution in [0.15, 0.2) is 516 Å². The van der Waals surface area contributed by atoms with Crippen molar-refractivity contribution in [3.8, 4) is 45.6 Å². The van der Waals surface area contributed by atoms with E-state index in [0.717, 1.165) is 68.4 Å². The van der Waals surface area contributed by atoms with E-state index in [0.29, 0.717) is 0 Å². The second-order valence-electron chi connectivity index (χ2n) is 37.4. The molecule has 0 amide bonds. The van der Waals surface area contributed by atoms with Gasteiger partial charge in [0, 0.05) is 130 Å². The second kappa shape index (κ2) is 34.2. The van der Waals surface area contributed by atoms with Crippen LogP contribution >= 0.6 is 0 Å². The zero-order valence-corrected chi connectivity index (χ0v) is 78.1. The highest BCUT2D eigenvalue weighted by Crippen LogP contribution is 2.53. The van der Waals surface area contributed by atoms with E-state index < -0.39 is 0 Å². The Morgan fingerprint density at radius 1 is 0.197 bits per heavy atom. The number of aromatic nitrogens is 6. The summed E-state index contributed by atoms with van der Waals surface area (Å²) in [6, 6.07) is 180. The number of ether oxygens (including phenoxy) is 1. The SMILES string of the molecule is Cc1ccc2c(c1)Oc1cc(C)ccc1N2c1cccc(-n2ccc3c2ccc2c4ccccc4n(-c4ccccc4)c23)c1.c1ccc(-n2c3ccccc3c3ccc4c(ccn4-c4ccc(N(c5ccc6ccccc6c5)c5ccc6ccccc6c5)cc4)c32)cc1.c1ccc(-n2c3ccccc3c3ccc4c(ccn4-c4cccc(C(c5ccc6ccccc6c5)c5ccc6ccccc6c5)c4)c32)cc1. The van der Waals surface area contributed by atoms with Crippen LogP contribution in [0.25, 0.3) is 175 Å². The summed E-state index contributed by atoms with van der Waals surface area (Å²) in [4.78, 5) is 4.67. The fourth-order valence-corrected chi connectivity index (χ4v) is 22.4. The number of anilines is 6. The number of nitrogens with zero attached hydrogens (tertiary/aromatic N) is 8. The lowest BCUT2D eigenvalue weighted by molar-refractivity contribution is 0.476. The first kappa shape index (κ1) is 82.7. The van der Waals surface area contributed by atoms with Crippen LogP contribution in [0, 0.1) is 13.8 Å². The summed E-state index contributed by atoms with van der Waals surface area (Å²) in [7, 11) is 0. The van der Waals surface area contributed by atoms with Gasteiger partial charge < -0.3 is 41.9 Å². The fraction of sp³-hybridized carbons (Fsp3) is 0.0226. The fourth-order valence-electron chi connectivity index (χ4n) is 22.4. The van der Waals surface area contributed by atoms with Crippen LogP contribution in [-0.4, -0.2) is 27.4 Å². The van der Waals surface area contributed by atoms with Gasteiger partial charge in [-0.3, -0.25) is 0 Å². The molecule has 9 nitrogen and oxygen atoms in total. The van der Waals surface area contributed by atoms with E-state index in [2.05, 4.69) is 567 Å². The molecule has 142 heavy (non-hydrogen) atoms. The zero-order valence-electron chi connectivity index (χ0n) is 78.1. The Hall–Kier alpha value is -18.7. The average Bonchev–Trinajstić information content (AvgIpc) is 1.57. The Labute approximate surface area is 820 Å². The van der Waals surface area contributed by atoms with E-state index in [1.807, 2.05) is 0 Å². The van der Waals surface area contributed by atoms with Gasteiger partial charge in [-0.25, -0.2) is 0 Å². The van der Waals surface area contributed by atoms with Gasteiger partial charge >= 0.3 is 0 Å². The molecular formula is C133H92N8O. The number of para-hydroxylation sites is 6. The van der Waals surface area contributed by atoms with Crippen LogP contribution in [0.4, 0.5) is 34.1 Å². The normalized spacial score (nSPS) is 12.0. The summed E-state index contributed by atoms with van der Waals surface area (Å²) in [5.74, 6) is 1.82. The topological polar surface area (TPSA) is 45.3 Å². The minimum Gasteiger partial charge on any atom is -0.453 e. The lowest BCUT2D eigenvalue weighted by atomic mass is 9.83. The van der Waals surface area contributed by atoms with Gasteiger partial charge in [0.25, 0.3) is 0 Å². The predicted octanol–water partition coefficient (Wildman–Crippen LogP) is 35.6. The van der Waals surface area contributed by atoms with E-state index in [4.69, 9.17) is 4.74 Å². The van der Waals surface area contributed by atoms with Crippen molar-refractivity contribution in [3.63, 3.8) is 0 Å². The van der Waals surface area contributed by atoms with Crippen molar-refractivity contribution < 1.29 is 4.74 Å². The van der Waals surface area contributed by atoms with Gasteiger partial charge in [-0.05, 0) is 279 Å². The Kier molecular flexibility index (Phi) is 19.9. The Morgan fingerprint density at radius 3 is 0.951 bits per heavy atom. The lowest BCUT2D eigenvalue weighted by Crippen LogP contribution is -2.16. The van der Waals surface area contributed by atoms with E-state index in [9.17, 15) is 0 Å². The van der Waals surface area contributed by atoms with Crippen LogP contribution in [0.1, 0.15) is 33.7 Å². The van der Waals surface area contributed by atoms with E-state index in [1.165, 1.54) is 180 Å². The van der Waals surface area contributed by atoms with Gasteiger partial charge in [0.05, 0.1) is 61.0 Å². The van der Waals surface area contributed by atoms with Gasteiger partial charge in [0.2, 0.25) is 0 Å². The molecule has 0 radical (unpaired) electrons. The van der Waals surface area contributed by atoms with Crippen molar-refractivity contribution in [1.82, 2.24) is 27.4 Å². The Morgan fingerprint density at radius 2 is 0.528 bits per heavy atom. The van der Waals surface area contributed by atoms with Gasteiger partial charge in [-0.15, -0.1) is 0 Å². The molecule has 9 heteroatoms. The predicted molar refractivity (Wildman–Crippen MR) is 596 cm³/mol. The first-order valence-corrected chi connectivity index (χ1v) is 48.8. The molecule has 0 atom stereocenters. The Bertz CT molecular complexity index is 9630. The molecule has 0 fully saturated rings. The number of fused-ring (bicyclic) bond motifs is 21. The minimum absolute atomic E-state index is 0.0725. The van der Waals surface area contributed by atoms with Gasteiger partial charge in [-0.1, -0.05) is 303 Å². The standard InChI is InChI=1S/C47H32N2.C46H31N3.C40H29N3O/c1-2-16-39(17-3-1)49-45-20-9-8-19-41(45)42-25-26-44-43(47(42)49)27-28-48(44)40-18-10-15-36(31-40)46(37-23-21-32-11-4-6-13-34(32)29-37)38-24-22-33-12-5-7-14-35(33)30-38;1-2-14-37(15-3-1)49-45-17-9-8-16-41(45)42-26-27-44-43(46(42)49)28-29-47(44)36-22-24-38(25-23-36)48(39-20-18-32-10-4-6-12-34(32)30-39)40-21-19-33-11-5-7-13-35(33)31-40;1-26-15-18-36-38(23-26)44-39-24-27(2)16-19-37(39)42(36)30-12-8-11-29(25-30)41-22-21-33-34(41)20-17-32-31-13-6-7-14-35(31)43(40(32)33)28-9-4-3-5-10-28/h1-31,46H;1-31H;3-25H,1-2H3. The number of rotatable bonds is 13. The smallest absolute Gasteiger partial charge is 0.151 e. The molecule has 1 aliphatic heterocycles. The maximum Gasteiger partial charge on any atom is 0.151 e. The summed E-state index contributed by atoms with van der Waals surface area (Å²) in [6.45, 7) is 4.21. The highest BCUT2D eigenvalue weighted by Gasteiger charge is 2.29. The summed E-state index contributed by atoms with van der Waals surface area (Å²) < 4.78 is 20.6. The number of benzene rings is 22. The maximum atomic E-state index is 6.42. The van der Waals surface area contributed by atoms with E-state index >= 15 is 0 Å². The van der Waals surface area contributed by atoms with E-state index in [1.54, 1.807) is 0 Å². The molecule has 0 saturated carbocycles. The van der Waals surface area contributed by atoms with Crippen molar-refractivity contribution in [1.29, 1.82) is 0 Å². The molecule has 0 saturated heterocycles. The number of hydrogen-bond donors (Lipinski definition) is 0. The van der Waals surface area contributed by atoms with Gasteiger partial charge in [-0.2, -0.15) is 0 Å². The summed E-state index contributed by atoms with van der Waals surface area (Å²) >= 11 is 0. The van der Waals surface area contributed by atoms with Crippen molar-refractivity contribution in [2.45, 2.75) is 19.8 Å². The van der Waals surface area contributed by atoms with Crippen LogP contribution in [0.2, 0.25) is 0 Å². The molecule has 0 bridgehead atoms. The molecule has 29 rings (SSSR count). The quantitative estimate of drug-likeness (QED) is 0.108. The first-order valence-electron chi connectivity index (χ1n) is 48.8. The summed E-state index contributed by atoms with van der Waals surface area (Å²) in [5.41, 5.74) is 30.5. The van der Waals surface area contributed by atoms with Crippen molar-refractivity contribution in [3.05, 3.63) is 544 Å². The lowest BCUT2D eigenvalue weighted by Gasteiger charge is -2.33. The van der Waals surface area contributed by atoms with Crippen molar-refractivity contribution in [2.24, 2.45) is 0 Å². The maximum absolute atomic E-state index is 6.42. The monoisotopic (exact) mass is 1820 g/mol.